The minimum Gasteiger partial charge on any atom is -0.372 e. The van der Waals surface area contributed by atoms with Gasteiger partial charge in [-0.15, -0.1) is 9.89 Å². The highest BCUT2D eigenvalue weighted by Crippen LogP contribution is 2.26. The fraction of sp³-hybridized carbons (Fsp3) is 0.412. The number of hydrogen-bond acceptors (Lipinski definition) is 5. The molecule has 2 heterocycles. The highest BCUT2D eigenvalue weighted by atomic mass is 15.6. The summed E-state index contributed by atoms with van der Waals surface area (Å²) >= 11 is 0. The lowest BCUT2D eigenvalue weighted by Gasteiger charge is -2.21. The maximum atomic E-state index is 4.79. The highest BCUT2D eigenvalue weighted by Gasteiger charge is 2.23. The molecule has 6 nitrogen and oxygen atoms in total. The first kappa shape index (κ1) is 15.4. The smallest absolute Gasteiger partial charge is 0.204 e. The van der Waals surface area contributed by atoms with Gasteiger partial charge in [0.2, 0.25) is 5.82 Å². The van der Waals surface area contributed by atoms with Gasteiger partial charge in [0.25, 0.3) is 0 Å². The third-order valence-electron chi connectivity index (χ3n) is 4.04. The minimum absolute atomic E-state index is 0.706. The largest absolute Gasteiger partial charge is 0.372 e. The zero-order valence-corrected chi connectivity index (χ0v) is 14.3. The van der Waals surface area contributed by atoms with E-state index in [1.807, 2.05) is 13.8 Å². The molecule has 1 aliphatic heterocycles. The lowest BCUT2D eigenvalue weighted by Crippen LogP contribution is -2.21. The first-order chi connectivity index (χ1) is 11.0. The lowest BCUT2D eigenvalue weighted by atomic mass is 10.1. The van der Waals surface area contributed by atoms with Gasteiger partial charge in [-0.1, -0.05) is 0 Å². The molecule has 0 saturated carbocycles. The van der Waals surface area contributed by atoms with Crippen molar-refractivity contribution in [2.75, 3.05) is 18.0 Å². The van der Waals surface area contributed by atoms with Gasteiger partial charge in [0.1, 0.15) is 5.71 Å². The van der Waals surface area contributed by atoms with Crippen LogP contribution in [0.5, 0.6) is 0 Å². The summed E-state index contributed by atoms with van der Waals surface area (Å²) in [5.41, 5.74) is 4.95. The Morgan fingerprint density at radius 3 is 2.52 bits per heavy atom. The molecule has 3 rings (SSSR count). The Hall–Kier alpha value is -2.50. The Balaban J connectivity index is 1.99. The van der Waals surface area contributed by atoms with E-state index in [2.05, 4.69) is 59.1 Å². The van der Waals surface area contributed by atoms with E-state index in [1.165, 1.54) is 5.69 Å². The molecule has 0 bridgehead atoms. The van der Waals surface area contributed by atoms with Gasteiger partial charge in [0, 0.05) is 18.8 Å². The number of anilines is 1. The SMILES string of the molecule is CCN(CC)c1ccc(N=C2C(C)=Nn3nc(C)nc32)c(C)c1. The van der Waals surface area contributed by atoms with Crippen LogP contribution < -0.4 is 4.90 Å². The predicted octanol–water partition coefficient (Wildman–Crippen LogP) is 3.10. The molecule has 0 amide bonds. The summed E-state index contributed by atoms with van der Waals surface area (Å²) in [6, 6.07) is 6.37. The lowest BCUT2D eigenvalue weighted by molar-refractivity contribution is 0.736. The van der Waals surface area contributed by atoms with Crippen LogP contribution in [0.25, 0.3) is 0 Å². The second kappa shape index (κ2) is 5.95. The van der Waals surface area contributed by atoms with Crippen LogP contribution in [0.2, 0.25) is 0 Å². The third kappa shape index (κ3) is 2.76. The quantitative estimate of drug-likeness (QED) is 0.872. The Bertz CT molecular complexity index is 795. The van der Waals surface area contributed by atoms with Crippen LogP contribution in [0.15, 0.2) is 28.3 Å². The van der Waals surface area contributed by atoms with Gasteiger partial charge in [-0.2, -0.15) is 5.10 Å². The number of benzene rings is 1. The molecule has 1 aliphatic rings. The second-order valence-corrected chi connectivity index (χ2v) is 5.66. The molecular formula is C17H22N6. The molecule has 0 N–H and O–H groups in total. The van der Waals surface area contributed by atoms with Crippen LogP contribution >= 0.6 is 0 Å². The van der Waals surface area contributed by atoms with Gasteiger partial charge in [-0.3, -0.25) is 0 Å². The van der Waals surface area contributed by atoms with E-state index < -0.39 is 0 Å². The molecule has 0 atom stereocenters. The molecule has 0 unspecified atom stereocenters. The van der Waals surface area contributed by atoms with Crippen LogP contribution in [0.3, 0.4) is 0 Å². The molecule has 120 valence electrons. The standard InChI is InChI=1S/C17H22N6/c1-6-22(7-2)14-8-9-15(11(3)10-14)19-16-12(4)20-23-17(16)18-13(5)21-23/h8-10H,6-7H2,1-5H3. The Kier molecular flexibility index (Phi) is 3.98. The molecule has 2 aromatic rings. The van der Waals surface area contributed by atoms with Gasteiger partial charge in [0.15, 0.2) is 5.82 Å². The molecule has 0 saturated heterocycles. The Labute approximate surface area is 136 Å². The zero-order valence-electron chi connectivity index (χ0n) is 14.3. The first-order valence-corrected chi connectivity index (χ1v) is 7.97. The average molecular weight is 310 g/mol. The van der Waals surface area contributed by atoms with Gasteiger partial charge in [0.05, 0.1) is 11.4 Å². The molecular weight excluding hydrogens is 288 g/mol. The van der Waals surface area contributed by atoms with E-state index >= 15 is 0 Å². The summed E-state index contributed by atoms with van der Waals surface area (Å²) in [4.78, 5) is 13.1. The van der Waals surface area contributed by atoms with Gasteiger partial charge < -0.3 is 4.90 Å². The minimum atomic E-state index is 0.706. The number of aromatic nitrogens is 3. The summed E-state index contributed by atoms with van der Waals surface area (Å²) in [6.07, 6.45) is 0. The number of hydrogen-bond donors (Lipinski definition) is 0. The Morgan fingerprint density at radius 1 is 1.13 bits per heavy atom. The van der Waals surface area contributed by atoms with E-state index in [4.69, 9.17) is 4.99 Å². The first-order valence-electron chi connectivity index (χ1n) is 7.97. The van der Waals surface area contributed by atoms with Crippen LogP contribution in [0.4, 0.5) is 11.4 Å². The van der Waals surface area contributed by atoms with Crippen molar-refractivity contribution in [1.82, 2.24) is 14.9 Å². The van der Waals surface area contributed by atoms with Crippen LogP contribution in [-0.4, -0.2) is 39.4 Å². The van der Waals surface area contributed by atoms with Crippen molar-refractivity contribution in [3.8, 4) is 0 Å². The van der Waals surface area contributed by atoms with Gasteiger partial charge in [-0.05, 0) is 58.4 Å². The highest BCUT2D eigenvalue weighted by molar-refractivity contribution is 6.48. The molecule has 1 aromatic heterocycles. The van der Waals surface area contributed by atoms with Crippen molar-refractivity contribution in [3.05, 3.63) is 35.4 Å². The van der Waals surface area contributed by atoms with Crippen molar-refractivity contribution in [2.45, 2.75) is 34.6 Å². The summed E-state index contributed by atoms with van der Waals surface area (Å²) in [6.45, 7) is 12.2. The van der Waals surface area contributed by atoms with E-state index in [0.29, 0.717) is 11.6 Å². The van der Waals surface area contributed by atoms with Crippen molar-refractivity contribution in [2.24, 2.45) is 10.1 Å². The monoisotopic (exact) mass is 310 g/mol. The van der Waals surface area contributed by atoms with Crippen molar-refractivity contribution in [1.29, 1.82) is 0 Å². The van der Waals surface area contributed by atoms with E-state index in [0.717, 1.165) is 35.8 Å². The number of aliphatic imine (C=N–C) groups is 1. The van der Waals surface area contributed by atoms with Crippen LogP contribution in [0.1, 0.15) is 38.0 Å². The topological polar surface area (TPSA) is 58.7 Å². The molecule has 0 spiro atoms. The molecule has 6 heteroatoms. The molecule has 23 heavy (non-hydrogen) atoms. The van der Waals surface area contributed by atoms with E-state index in [9.17, 15) is 0 Å². The number of nitrogens with zero attached hydrogens (tertiary/aromatic N) is 6. The zero-order chi connectivity index (χ0) is 16.6. The Morgan fingerprint density at radius 2 is 1.87 bits per heavy atom. The van der Waals surface area contributed by atoms with Crippen molar-refractivity contribution >= 4 is 22.8 Å². The average Bonchev–Trinajstić information content (AvgIpc) is 2.99. The molecule has 0 radical (unpaired) electrons. The van der Waals surface area contributed by atoms with Crippen LogP contribution in [0, 0.1) is 13.8 Å². The van der Waals surface area contributed by atoms with Crippen LogP contribution in [-0.2, 0) is 0 Å². The van der Waals surface area contributed by atoms with Crippen molar-refractivity contribution in [3.63, 3.8) is 0 Å². The van der Waals surface area contributed by atoms with Crippen molar-refractivity contribution < 1.29 is 0 Å². The second-order valence-electron chi connectivity index (χ2n) is 5.66. The maximum absolute atomic E-state index is 4.79. The number of fused-ring (bicyclic) bond motifs is 1. The predicted molar refractivity (Wildman–Crippen MR) is 94.2 cm³/mol. The molecule has 1 aromatic carbocycles. The molecule has 0 fully saturated rings. The van der Waals surface area contributed by atoms with Gasteiger partial charge >= 0.3 is 0 Å². The fourth-order valence-electron chi connectivity index (χ4n) is 2.78. The van der Waals surface area contributed by atoms with Gasteiger partial charge in [-0.25, -0.2) is 9.98 Å². The summed E-state index contributed by atoms with van der Waals surface area (Å²) in [7, 11) is 0. The normalized spacial score (nSPS) is 15.0. The van der Waals surface area contributed by atoms with E-state index in [-0.39, 0.29) is 0 Å². The third-order valence-corrected chi connectivity index (χ3v) is 4.04. The summed E-state index contributed by atoms with van der Waals surface area (Å²) in [5.74, 6) is 1.42. The summed E-state index contributed by atoms with van der Waals surface area (Å²) < 4.78 is 0. The van der Waals surface area contributed by atoms with E-state index in [1.54, 1.807) is 4.79 Å². The molecule has 0 aliphatic carbocycles. The fourth-order valence-corrected chi connectivity index (χ4v) is 2.78. The number of rotatable bonds is 4. The summed E-state index contributed by atoms with van der Waals surface area (Å²) in [5, 5.41) is 8.62. The number of aryl methyl sites for hydroxylation is 2. The maximum Gasteiger partial charge on any atom is 0.204 e.